The second kappa shape index (κ2) is 6.07. The third-order valence-electron chi connectivity index (χ3n) is 2.86. The van der Waals surface area contributed by atoms with E-state index in [1.54, 1.807) is 0 Å². The Balaban J connectivity index is 1.87. The van der Waals surface area contributed by atoms with Gasteiger partial charge in [0.15, 0.2) is 5.13 Å². The van der Waals surface area contributed by atoms with E-state index in [1.165, 1.54) is 30.5 Å². The standard InChI is InChI=1S/C13H6Cl2N4O3S/c14-8-3-6(5-16-11(8)15)12(20)18-13-17-9-2-1-7(19(21)22)4-10(9)23-13/h1-5H,(H,17,18,20). The van der Waals surface area contributed by atoms with E-state index in [0.717, 1.165) is 11.3 Å². The van der Waals surface area contributed by atoms with Gasteiger partial charge in [-0.3, -0.25) is 20.2 Å². The van der Waals surface area contributed by atoms with Gasteiger partial charge in [-0.05, 0) is 12.1 Å². The molecule has 2 aromatic heterocycles. The first kappa shape index (κ1) is 15.6. The molecule has 3 rings (SSSR count). The van der Waals surface area contributed by atoms with E-state index in [9.17, 15) is 14.9 Å². The summed E-state index contributed by atoms with van der Waals surface area (Å²) >= 11 is 12.7. The number of benzene rings is 1. The molecule has 0 unspecified atom stereocenters. The molecule has 0 saturated carbocycles. The van der Waals surface area contributed by atoms with Crippen LogP contribution in [0.1, 0.15) is 10.4 Å². The van der Waals surface area contributed by atoms with Crippen molar-refractivity contribution in [2.75, 3.05) is 5.32 Å². The van der Waals surface area contributed by atoms with Crippen molar-refractivity contribution in [3.63, 3.8) is 0 Å². The largest absolute Gasteiger partial charge is 0.298 e. The van der Waals surface area contributed by atoms with Gasteiger partial charge in [-0.25, -0.2) is 9.97 Å². The number of non-ortho nitro benzene ring substituents is 1. The highest BCUT2D eigenvalue weighted by atomic mass is 35.5. The summed E-state index contributed by atoms with van der Waals surface area (Å²) < 4.78 is 0.599. The first-order valence-electron chi connectivity index (χ1n) is 6.11. The van der Waals surface area contributed by atoms with Crippen LogP contribution >= 0.6 is 34.5 Å². The van der Waals surface area contributed by atoms with Gasteiger partial charge < -0.3 is 0 Å². The van der Waals surface area contributed by atoms with Gasteiger partial charge in [0.1, 0.15) is 5.15 Å². The molecule has 116 valence electrons. The summed E-state index contributed by atoms with van der Waals surface area (Å²) in [5, 5.41) is 14.0. The summed E-state index contributed by atoms with van der Waals surface area (Å²) in [4.78, 5) is 30.4. The molecule has 0 bridgehead atoms. The van der Waals surface area contributed by atoms with Gasteiger partial charge in [0, 0.05) is 18.3 Å². The molecule has 0 radical (unpaired) electrons. The lowest BCUT2D eigenvalue weighted by Gasteiger charge is -2.02. The Bertz CT molecular complexity index is 944. The van der Waals surface area contributed by atoms with Crippen LogP contribution in [0.25, 0.3) is 10.2 Å². The highest BCUT2D eigenvalue weighted by Gasteiger charge is 2.14. The van der Waals surface area contributed by atoms with Crippen LogP contribution in [-0.4, -0.2) is 20.8 Å². The van der Waals surface area contributed by atoms with Gasteiger partial charge in [0.05, 0.1) is 25.7 Å². The number of anilines is 1. The monoisotopic (exact) mass is 368 g/mol. The van der Waals surface area contributed by atoms with Gasteiger partial charge in [-0.2, -0.15) is 0 Å². The van der Waals surface area contributed by atoms with Crippen LogP contribution in [0.15, 0.2) is 30.5 Å². The fourth-order valence-corrected chi connectivity index (χ4v) is 2.96. The first-order chi connectivity index (χ1) is 10.9. The summed E-state index contributed by atoms with van der Waals surface area (Å²) in [6, 6.07) is 5.69. The third kappa shape index (κ3) is 3.24. The molecule has 0 atom stereocenters. The number of halogens is 2. The molecule has 10 heteroatoms. The number of carbonyl (C=O) groups excluding carboxylic acids is 1. The van der Waals surface area contributed by atoms with Gasteiger partial charge in [0.2, 0.25) is 0 Å². The van der Waals surface area contributed by atoms with E-state index in [2.05, 4.69) is 15.3 Å². The van der Waals surface area contributed by atoms with E-state index in [1.807, 2.05) is 0 Å². The minimum absolute atomic E-state index is 0.0345. The normalized spacial score (nSPS) is 10.7. The Kier molecular flexibility index (Phi) is 4.12. The third-order valence-corrected chi connectivity index (χ3v) is 4.48. The predicted octanol–water partition coefficient (Wildman–Crippen LogP) is 4.16. The highest BCUT2D eigenvalue weighted by Crippen LogP contribution is 2.29. The molecular weight excluding hydrogens is 363 g/mol. The number of carbonyl (C=O) groups is 1. The van der Waals surface area contributed by atoms with Crippen molar-refractivity contribution >= 4 is 61.5 Å². The fraction of sp³-hybridized carbons (Fsp3) is 0. The van der Waals surface area contributed by atoms with E-state index in [-0.39, 0.29) is 21.4 Å². The zero-order valence-electron chi connectivity index (χ0n) is 11.1. The van der Waals surface area contributed by atoms with Gasteiger partial charge >= 0.3 is 0 Å². The number of aromatic nitrogens is 2. The molecular formula is C13H6Cl2N4O3S. The lowest BCUT2D eigenvalue weighted by atomic mass is 10.3. The number of fused-ring (bicyclic) bond motifs is 1. The van der Waals surface area contributed by atoms with E-state index >= 15 is 0 Å². The average Bonchev–Trinajstić information content (AvgIpc) is 2.90. The Morgan fingerprint density at radius 2 is 2.09 bits per heavy atom. The van der Waals surface area contributed by atoms with Crippen LogP contribution in [-0.2, 0) is 0 Å². The first-order valence-corrected chi connectivity index (χ1v) is 7.68. The lowest BCUT2D eigenvalue weighted by molar-refractivity contribution is -0.384. The van der Waals surface area contributed by atoms with Gasteiger partial charge in [-0.15, -0.1) is 0 Å². The molecule has 1 N–H and O–H groups in total. The van der Waals surface area contributed by atoms with E-state index in [4.69, 9.17) is 23.2 Å². The van der Waals surface area contributed by atoms with E-state index in [0.29, 0.717) is 15.3 Å². The number of pyridine rings is 1. The van der Waals surface area contributed by atoms with Crippen molar-refractivity contribution < 1.29 is 9.72 Å². The smallest absolute Gasteiger partial charge is 0.270 e. The van der Waals surface area contributed by atoms with Crippen molar-refractivity contribution in [1.82, 2.24) is 9.97 Å². The number of amides is 1. The number of hydrogen-bond acceptors (Lipinski definition) is 6. The molecule has 23 heavy (non-hydrogen) atoms. The van der Waals surface area contributed by atoms with Crippen molar-refractivity contribution in [2.45, 2.75) is 0 Å². The maximum Gasteiger partial charge on any atom is 0.270 e. The van der Waals surface area contributed by atoms with Gasteiger partial charge in [-0.1, -0.05) is 34.5 Å². The van der Waals surface area contributed by atoms with Crippen LogP contribution in [0.5, 0.6) is 0 Å². The van der Waals surface area contributed by atoms with Crippen LogP contribution < -0.4 is 5.32 Å². The van der Waals surface area contributed by atoms with Crippen LogP contribution in [0.2, 0.25) is 10.2 Å². The van der Waals surface area contributed by atoms with Crippen molar-refractivity contribution in [2.24, 2.45) is 0 Å². The van der Waals surface area contributed by atoms with Gasteiger partial charge in [0.25, 0.3) is 11.6 Å². The zero-order valence-corrected chi connectivity index (χ0v) is 13.4. The minimum atomic E-state index is -0.487. The van der Waals surface area contributed by atoms with Crippen molar-refractivity contribution in [1.29, 1.82) is 0 Å². The average molecular weight is 369 g/mol. The SMILES string of the molecule is O=C(Nc1nc2ccc([N+](=O)[O-])cc2s1)c1cnc(Cl)c(Cl)c1. The topological polar surface area (TPSA) is 98.0 Å². The molecule has 0 aliphatic carbocycles. The van der Waals surface area contributed by atoms with Crippen LogP contribution in [0.4, 0.5) is 10.8 Å². The molecule has 3 aromatic rings. The maximum absolute atomic E-state index is 12.1. The Labute approximate surface area is 143 Å². The number of nitrogens with one attached hydrogen (secondary N) is 1. The second-order valence-corrected chi connectivity index (χ2v) is 6.17. The molecule has 2 heterocycles. The Morgan fingerprint density at radius 1 is 1.30 bits per heavy atom. The molecule has 0 fully saturated rings. The molecule has 7 nitrogen and oxygen atoms in total. The molecule has 0 saturated heterocycles. The minimum Gasteiger partial charge on any atom is -0.298 e. The summed E-state index contributed by atoms with van der Waals surface area (Å²) in [5.41, 5.74) is 0.750. The number of rotatable bonds is 3. The van der Waals surface area contributed by atoms with Crippen LogP contribution in [0.3, 0.4) is 0 Å². The Morgan fingerprint density at radius 3 is 2.78 bits per heavy atom. The summed E-state index contributed by atoms with van der Waals surface area (Å²) in [7, 11) is 0. The second-order valence-electron chi connectivity index (χ2n) is 4.38. The summed E-state index contributed by atoms with van der Waals surface area (Å²) in [6.45, 7) is 0. The lowest BCUT2D eigenvalue weighted by Crippen LogP contribution is -2.12. The number of nitro groups is 1. The number of thiazole rings is 1. The Hall–Kier alpha value is -2.29. The maximum atomic E-state index is 12.1. The summed E-state index contributed by atoms with van der Waals surface area (Å²) in [5.74, 6) is -0.454. The quantitative estimate of drug-likeness (QED) is 0.425. The number of hydrogen-bond donors (Lipinski definition) is 1. The molecule has 0 spiro atoms. The molecule has 1 aromatic carbocycles. The van der Waals surface area contributed by atoms with Crippen molar-refractivity contribution in [3.05, 3.63) is 56.3 Å². The molecule has 0 aliphatic heterocycles. The van der Waals surface area contributed by atoms with Crippen molar-refractivity contribution in [3.8, 4) is 0 Å². The fourth-order valence-electron chi connectivity index (χ4n) is 1.80. The summed E-state index contributed by atoms with van der Waals surface area (Å²) in [6.07, 6.45) is 1.29. The van der Waals surface area contributed by atoms with E-state index < -0.39 is 10.8 Å². The van der Waals surface area contributed by atoms with Crippen LogP contribution in [0, 0.1) is 10.1 Å². The predicted molar refractivity (Wildman–Crippen MR) is 88.5 cm³/mol. The molecule has 1 amide bonds. The zero-order chi connectivity index (χ0) is 16.6. The highest BCUT2D eigenvalue weighted by molar-refractivity contribution is 7.22. The number of nitrogens with zero attached hydrogens (tertiary/aromatic N) is 3. The molecule has 0 aliphatic rings. The number of nitro benzene ring substituents is 1.